The Bertz CT molecular complexity index is 1020. The zero-order valence-electron chi connectivity index (χ0n) is 19.1. The topological polar surface area (TPSA) is 94.6 Å². The molecule has 0 atom stereocenters. The van der Waals surface area contributed by atoms with Crippen molar-refractivity contribution in [2.45, 2.75) is 38.6 Å². The average Bonchev–Trinajstić information content (AvgIpc) is 2.78. The Morgan fingerprint density at radius 3 is 2.47 bits per heavy atom. The number of carbonyl (C=O) groups excluding carboxylic acids is 1. The van der Waals surface area contributed by atoms with E-state index in [2.05, 4.69) is 31.7 Å². The molecule has 2 aromatic rings. The van der Waals surface area contributed by atoms with Crippen molar-refractivity contribution in [1.82, 2.24) is 19.9 Å². The molecule has 174 valence electrons. The van der Waals surface area contributed by atoms with Crippen molar-refractivity contribution in [3.05, 3.63) is 53.2 Å². The van der Waals surface area contributed by atoms with Crippen LogP contribution in [0.4, 0.5) is 5.82 Å². The molecular formula is C23H33N5O3S. The van der Waals surface area contributed by atoms with Gasteiger partial charge in [0.15, 0.2) is 0 Å². The molecule has 8 nitrogen and oxygen atoms in total. The van der Waals surface area contributed by atoms with E-state index >= 15 is 0 Å². The molecule has 1 amide bonds. The summed E-state index contributed by atoms with van der Waals surface area (Å²) in [6.45, 7) is 11.4. The lowest BCUT2D eigenvalue weighted by atomic mass is 10.2. The number of aryl methyl sites for hydroxylation is 2. The molecule has 0 saturated carbocycles. The molecule has 3 rings (SSSR count). The lowest BCUT2D eigenvalue weighted by Gasteiger charge is -2.34. The average molecular weight is 460 g/mol. The van der Waals surface area contributed by atoms with E-state index in [1.165, 1.54) is 0 Å². The van der Waals surface area contributed by atoms with E-state index < -0.39 is 10.0 Å². The molecule has 9 heteroatoms. The zero-order valence-corrected chi connectivity index (χ0v) is 19.9. The van der Waals surface area contributed by atoms with Gasteiger partial charge in [-0.2, -0.15) is 0 Å². The third-order valence-corrected chi connectivity index (χ3v) is 7.33. The highest BCUT2D eigenvalue weighted by Gasteiger charge is 2.18. The molecule has 1 saturated heterocycles. The number of pyridine rings is 1. The van der Waals surface area contributed by atoms with Crippen LogP contribution in [-0.4, -0.2) is 63.5 Å². The van der Waals surface area contributed by atoms with Gasteiger partial charge in [0.2, 0.25) is 15.9 Å². The number of nitrogens with zero attached hydrogens (tertiary/aromatic N) is 3. The van der Waals surface area contributed by atoms with Crippen LogP contribution >= 0.6 is 0 Å². The highest BCUT2D eigenvalue weighted by Crippen LogP contribution is 2.16. The first-order chi connectivity index (χ1) is 15.3. The Hall–Kier alpha value is -2.49. The van der Waals surface area contributed by atoms with E-state index in [0.29, 0.717) is 12.1 Å². The van der Waals surface area contributed by atoms with E-state index in [9.17, 15) is 13.2 Å². The number of nitrogens with one attached hydrogen (secondary N) is 2. The zero-order chi connectivity index (χ0) is 23.1. The van der Waals surface area contributed by atoms with Crippen LogP contribution in [0.3, 0.4) is 0 Å². The molecule has 1 aromatic carbocycles. The summed E-state index contributed by atoms with van der Waals surface area (Å²) >= 11 is 0. The molecule has 1 aliphatic heterocycles. The molecule has 1 aromatic heterocycles. The largest absolute Gasteiger partial charge is 0.354 e. The molecule has 32 heavy (non-hydrogen) atoms. The number of benzene rings is 1. The standard InChI is InChI=1S/C23H33N5O3S/c1-4-27-11-13-28(14-12-27)22-8-6-20(16-24-22)17-25-23(29)9-10-26-32(30,31)21-7-5-18(2)15-19(21)3/h5-8,15-16,26H,4,9-14,17H2,1-3H3,(H,25,29). The predicted octanol–water partition coefficient (Wildman–Crippen LogP) is 1.83. The van der Waals surface area contributed by atoms with E-state index in [0.717, 1.165) is 49.7 Å². The maximum absolute atomic E-state index is 12.5. The van der Waals surface area contributed by atoms with Crippen molar-refractivity contribution in [3.8, 4) is 0 Å². The van der Waals surface area contributed by atoms with Crippen molar-refractivity contribution in [2.75, 3.05) is 44.2 Å². The molecule has 1 aliphatic rings. The number of amides is 1. The van der Waals surface area contributed by atoms with Gasteiger partial charge in [0, 0.05) is 51.9 Å². The van der Waals surface area contributed by atoms with Gasteiger partial charge in [-0.05, 0) is 43.7 Å². The van der Waals surface area contributed by atoms with E-state index in [4.69, 9.17) is 0 Å². The van der Waals surface area contributed by atoms with Gasteiger partial charge in [0.1, 0.15) is 5.82 Å². The van der Waals surface area contributed by atoms with Gasteiger partial charge >= 0.3 is 0 Å². The van der Waals surface area contributed by atoms with E-state index in [-0.39, 0.29) is 23.8 Å². The highest BCUT2D eigenvalue weighted by atomic mass is 32.2. The second kappa shape index (κ2) is 10.9. The van der Waals surface area contributed by atoms with Gasteiger partial charge in [-0.3, -0.25) is 4.79 Å². The quantitative estimate of drug-likeness (QED) is 0.594. The Morgan fingerprint density at radius 1 is 1.09 bits per heavy atom. The minimum Gasteiger partial charge on any atom is -0.354 e. The number of anilines is 1. The van der Waals surface area contributed by atoms with E-state index in [1.54, 1.807) is 25.3 Å². The summed E-state index contributed by atoms with van der Waals surface area (Å²) < 4.78 is 27.4. The van der Waals surface area contributed by atoms with Gasteiger partial charge < -0.3 is 15.1 Å². The number of rotatable bonds is 9. The van der Waals surface area contributed by atoms with Gasteiger partial charge in [-0.15, -0.1) is 0 Å². The summed E-state index contributed by atoms with van der Waals surface area (Å²) in [4.78, 5) is 21.6. The van der Waals surface area contributed by atoms with Crippen LogP contribution in [0.2, 0.25) is 0 Å². The fraction of sp³-hybridized carbons (Fsp3) is 0.478. The molecule has 0 aliphatic carbocycles. The number of hydrogen-bond donors (Lipinski definition) is 2. The summed E-state index contributed by atoms with van der Waals surface area (Å²) in [5.74, 6) is 0.740. The third kappa shape index (κ3) is 6.51. The molecule has 0 spiro atoms. The number of aromatic nitrogens is 1. The molecule has 2 N–H and O–H groups in total. The number of piperazine rings is 1. The van der Waals surface area contributed by atoms with Crippen LogP contribution in [-0.2, 0) is 21.4 Å². The number of carbonyl (C=O) groups is 1. The minimum absolute atomic E-state index is 0.0441. The van der Waals surface area contributed by atoms with Crippen molar-refractivity contribution in [3.63, 3.8) is 0 Å². The normalized spacial score (nSPS) is 15.0. The Balaban J connectivity index is 1.42. The second-order valence-electron chi connectivity index (χ2n) is 8.14. The van der Waals surface area contributed by atoms with Gasteiger partial charge in [0.05, 0.1) is 4.90 Å². The molecule has 0 unspecified atom stereocenters. The van der Waals surface area contributed by atoms with Gasteiger partial charge in [-0.25, -0.2) is 18.1 Å². The summed E-state index contributed by atoms with van der Waals surface area (Å²) in [5.41, 5.74) is 2.60. The van der Waals surface area contributed by atoms with Gasteiger partial charge in [0.25, 0.3) is 0 Å². The Kier molecular flexibility index (Phi) is 8.22. The Morgan fingerprint density at radius 2 is 1.84 bits per heavy atom. The van der Waals surface area contributed by atoms with Gasteiger partial charge in [-0.1, -0.05) is 30.7 Å². The molecule has 0 bridgehead atoms. The monoisotopic (exact) mass is 459 g/mol. The van der Waals surface area contributed by atoms with Crippen LogP contribution in [0.1, 0.15) is 30.0 Å². The molecular weight excluding hydrogens is 426 g/mol. The van der Waals surface area contributed by atoms with Crippen LogP contribution in [0.15, 0.2) is 41.4 Å². The second-order valence-corrected chi connectivity index (χ2v) is 9.87. The van der Waals surface area contributed by atoms with Crippen molar-refractivity contribution >= 4 is 21.7 Å². The van der Waals surface area contributed by atoms with Crippen LogP contribution in [0.25, 0.3) is 0 Å². The molecule has 1 fully saturated rings. The Labute approximate surface area is 191 Å². The number of sulfonamides is 1. The summed E-state index contributed by atoms with van der Waals surface area (Å²) in [5, 5.41) is 2.82. The number of hydrogen-bond acceptors (Lipinski definition) is 6. The smallest absolute Gasteiger partial charge is 0.240 e. The van der Waals surface area contributed by atoms with Crippen molar-refractivity contribution < 1.29 is 13.2 Å². The number of likely N-dealkylation sites (N-methyl/N-ethyl adjacent to an activating group) is 1. The van der Waals surface area contributed by atoms with Crippen LogP contribution in [0, 0.1) is 13.8 Å². The fourth-order valence-corrected chi connectivity index (χ4v) is 5.02. The van der Waals surface area contributed by atoms with E-state index in [1.807, 2.05) is 25.1 Å². The summed E-state index contributed by atoms with van der Waals surface area (Å²) in [6, 6.07) is 9.14. The lowest BCUT2D eigenvalue weighted by molar-refractivity contribution is -0.121. The first-order valence-electron chi connectivity index (χ1n) is 11.0. The summed E-state index contributed by atoms with van der Waals surface area (Å²) in [7, 11) is -3.64. The molecule has 2 heterocycles. The van der Waals surface area contributed by atoms with Crippen molar-refractivity contribution in [1.29, 1.82) is 0 Å². The SMILES string of the molecule is CCN1CCN(c2ccc(CNC(=O)CCNS(=O)(=O)c3ccc(C)cc3C)cn2)CC1. The predicted molar refractivity (Wildman–Crippen MR) is 126 cm³/mol. The fourth-order valence-electron chi connectivity index (χ4n) is 3.77. The van der Waals surface area contributed by atoms with Crippen molar-refractivity contribution in [2.24, 2.45) is 0 Å². The summed E-state index contributed by atoms with van der Waals surface area (Å²) in [6.07, 6.45) is 1.85. The van der Waals surface area contributed by atoms with Crippen LogP contribution < -0.4 is 14.9 Å². The third-order valence-electron chi connectivity index (χ3n) is 5.71. The lowest BCUT2D eigenvalue weighted by Crippen LogP contribution is -2.46. The maximum Gasteiger partial charge on any atom is 0.240 e. The molecule has 0 radical (unpaired) electrons. The van der Waals surface area contributed by atoms with Crippen LogP contribution in [0.5, 0.6) is 0 Å². The first-order valence-corrected chi connectivity index (χ1v) is 12.5. The highest BCUT2D eigenvalue weighted by molar-refractivity contribution is 7.89. The first kappa shape index (κ1) is 24.2. The minimum atomic E-state index is -3.64. The maximum atomic E-state index is 12.5.